The zero-order valence-electron chi connectivity index (χ0n) is 16.1. The number of nitrogens with two attached hydrogens (primary N) is 1. The molecule has 1 aromatic rings. The number of carbonyl (C=O) groups excluding carboxylic acids is 2. The first kappa shape index (κ1) is 20.2. The number of amides is 2. The molecule has 3 heterocycles. The van der Waals surface area contributed by atoms with E-state index in [-0.39, 0.29) is 48.3 Å². The van der Waals surface area contributed by atoms with Gasteiger partial charge in [-0.15, -0.1) is 0 Å². The predicted molar refractivity (Wildman–Crippen MR) is 104 cm³/mol. The van der Waals surface area contributed by atoms with E-state index in [1.165, 1.54) is 10.4 Å². The van der Waals surface area contributed by atoms with Crippen molar-refractivity contribution in [2.24, 2.45) is 5.73 Å². The number of nitrogens with one attached hydrogen (secondary N) is 1. The fourth-order valence-corrected chi connectivity index (χ4v) is 6.23. The van der Waals surface area contributed by atoms with Gasteiger partial charge in [-0.1, -0.05) is 0 Å². The Kier molecular flexibility index (Phi) is 5.34. The van der Waals surface area contributed by atoms with Crippen LogP contribution >= 0.6 is 0 Å². The van der Waals surface area contributed by atoms with Crippen molar-refractivity contribution in [2.45, 2.75) is 55.5 Å². The van der Waals surface area contributed by atoms with Crippen molar-refractivity contribution in [3.63, 3.8) is 0 Å². The van der Waals surface area contributed by atoms with Crippen LogP contribution in [0.4, 0.5) is 10.1 Å². The summed E-state index contributed by atoms with van der Waals surface area (Å²) >= 11 is 0. The van der Waals surface area contributed by atoms with Crippen LogP contribution in [0.2, 0.25) is 0 Å². The van der Waals surface area contributed by atoms with Crippen LogP contribution in [0.3, 0.4) is 0 Å². The standard InChI is InChI=1S/C19H25FN4O4S/c20-14-11-15-12(3-4-18(25)22-15)10-17(14)29(27,28)23-8-5-13(6-9-23)24-7-1-2-16(24)19(21)26/h10-11,13,16H,1-9H2,(H2,21,26)(H,22,25). The molecule has 4 rings (SSSR count). The lowest BCUT2D eigenvalue weighted by atomic mass is 10.0. The molecule has 0 saturated carbocycles. The Morgan fingerprint density at radius 2 is 1.86 bits per heavy atom. The summed E-state index contributed by atoms with van der Waals surface area (Å²) in [6.45, 7) is 1.32. The first-order chi connectivity index (χ1) is 13.8. The number of piperidine rings is 1. The molecule has 3 aliphatic rings. The summed E-state index contributed by atoms with van der Waals surface area (Å²) in [5, 5.41) is 2.58. The van der Waals surface area contributed by atoms with Crippen LogP contribution in [0.25, 0.3) is 0 Å². The predicted octanol–water partition coefficient (Wildman–Crippen LogP) is 0.813. The number of benzene rings is 1. The molecule has 1 unspecified atom stereocenters. The van der Waals surface area contributed by atoms with Crippen LogP contribution in [-0.2, 0) is 26.0 Å². The summed E-state index contributed by atoms with van der Waals surface area (Å²) in [5.41, 5.74) is 6.46. The van der Waals surface area contributed by atoms with Crippen LogP contribution in [0, 0.1) is 5.82 Å². The average Bonchev–Trinajstić information content (AvgIpc) is 3.17. The van der Waals surface area contributed by atoms with E-state index in [9.17, 15) is 22.4 Å². The van der Waals surface area contributed by atoms with Gasteiger partial charge in [-0.2, -0.15) is 4.31 Å². The first-order valence-electron chi connectivity index (χ1n) is 9.95. The van der Waals surface area contributed by atoms with Gasteiger partial charge in [-0.3, -0.25) is 14.5 Å². The number of aryl methyl sites for hydroxylation is 1. The Hall–Kier alpha value is -2.04. The third-order valence-corrected chi connectivity index (χ3v) is 8.10. The molecule has 8 nitrogen and oxygen atoms in total. The van der Waals surface area contributed by atoms with Crippen LogP contribution in [-0.4, -0.2) is 61.2 Å². The molecule has 3 aliphatic heterocycles. The molecule has 0 radical (unpaired) electrons. The molecule has 158 valence electrons. The largest absolute Gasteiger partial charge is 0.368 e. The monoisotopic (exact) mass is 424 g/mol. The van der Waals surface area contributed by atoms with Crippen molar-refractivity contribution in [3.05, 3.63) is 23.5 Å². The highest BCUT2D eigenvalue weighted by Gasteiger charge is 2.38. The number of halogens is 1. The number of primary amides is 1. The van der Waals surface area contributed by atoms with Crippen molar-refractivity contribution in [2.75, 3.05) is 25.0 Å². The molecule has 2 saturated heterocycles. The number of rotatable bonds is 4. The number of likely N-dealkylation sites (tertiary alicyclic amines) is 1. The smallest absolute Gasteiger partial charge is 0.245 e. The average molecular weight is 424 g/mol. The second kappa shape index (κ2) is 7.66. The van der Waals surface area contributed by atoms with E-state index in [1.54, 1.807) is 0 Å². The van der Waals surface area contributed by atoms with E-state index >= 15 is 0 Å². The minimum absolute atomic E-state index is 0.102. The fraction of sp³-hybridized carbons (Fsp3) is 0.579. The Labute approximate surface area is 169 Å². The lowest BCUT2D eigenvalue weighted by molar-refractivity contribution is -0.123. The maximum atomic E-state index is 14.6. The van der Waals surface area contributed by atoms with Gasteiger partial charge in [0.05, 0.1) is 6.04 Å². The third-order valence-electron chi connectivity index (χ3n) is 6.19. The molecule has 3 N–H and O–H groups in total. The molecule has 29 heavy (non-hydrogen) atoms. The lowest BCUT2D eigenvalue weighted by Crippen LogP contribution is -2.51. The summed E-state index contributed by atoms with van der Waals surface area (Å²) < 4.78 is 42.1. The molecule has 10 heteroatoms. The van der Waals surface area contributed by atoms with E-state index in [2.05, 4.69) is 10.2 Å². The van der Waals surface area contributed by atoms with Gasteiger partial charge >= 0.3 is 0 Å². The molecular formula is C19H25FN4O4S. The van der Waals surface area contributed by atoms with Crippen molar-refractivity contribution in [1.82, 2.24) is 9.21 Å². The van der Waals surface area contributed by atoms with Gasteiger partial charge in [0.15, 0.2) is 0 Å². The van der Waals surface area contributed by atoms with Gasteiger partial charge in [0, 0.05) is 31.2 Å². The Bertz CT molecular complexity index is 944. The Morgan fingerprint density at radius 3 is 2.55 bits per heavy atom. The molecular weight excluding hydrogens is 399 g/mol. The highest BCUT2D eigenvalue weighted by molar-refractivity contribution is 7.89. The molecule has 2 amide bonds. The highest BCUT2D eigenvalue weighted by atomic mass is 32.2. The maximum Gasteiger partial charge on any atom is 0.245 e. The zero-order valence-corrected chi connectivity index (χ0v) is 16.9. The maximum absolute atomic E-state index is 14.6. The molecule has 0 spiro atoms. The lowest BCUT2D eigenvalue weighted by Gasteiger charge is -2.38. The van der Waals surface area contributed by atoms with Crippen LogP contribution in [0.15, 0.2) is 17.0 Å². The molecule has 1 atom stereocenters. The SMILES string of the molecule is NC(=O)C1CCCN1C1CCN(S(=O)(=O)c2cc3c(cc2F)NC(=O)CC3)CC1. The van der Waals surface area contributed by atoms with E-state index < -0.39 is 15.8 Å². The number of fused-ring (bicyclic) bond motifs is 1. The molecule has 0 aliphatic carbocycles. The van der Waals surface area contributed by atoms with E-state index in [4.69, 9.17) is 5.73 Å². The van der Waals surface area contributed by atoms with Gasteiger partial charge in [0.2, 0.25) is 21.8 Å². The highest BCUT2D eigenvalue weighted by Crippen LogP contribution is 2.32. The van der Waals surface area contributed by atoms with Crippen molar-refractivity contribution in [3.8, 4) is 0 Å². The number of hydrogen-bond acceptors (Lipinski definition) is 5. The summed E-state index contributed by atoms with van der Waals surface area (Å²) in [6, 6.07) is 2.25. The minimum atomic E-state index is -3.98. The molecule has 0 bridgehead atoms. The normalized spacial score (nSPS) is 24.3. The summed E-state index contributed by atoms with van der Waals surface area (Å²) in [6.07, 6.45) is 3.43. The third kappa shape index (κ3) is 3.76. The van der Waals surface area contributed by atoms with Crippen molar-refractivity contribution < 1.29 is 22.4 Å². The topological polar surface area (TPSA) is 113 Å². The van der Waals surface area contributed by atoms with E-state index in [0.29, 0.717) is 30.5 Å². The second-order valence-corrected chi connectivity index (χ2v) is 9.83. The van der Waals surface area contributed by atoms with Crippen LogP contribution in [0.1, 0.15) is 37.7 Å². The van der Waals surface area contributed by atoms with Gasteiger partial charge in [-0.25, -0.2) is 12.8 Å². The number of sulfonamides is 1. The summed E-state index contributed by atoms with van der Waals surface area (Å²) in [5.74, 6) is -1.40. The van der Waals surface area contributed by atoms with Crippen LogP contribution in [0.5, 0.6) is 0 Å². The van der Waals surface area contributed by atoms with Crippen LogP contribution < -0.4 is 11.1 Å². The zero-order chi connectivity index (χ0) is 20.8. The number of hydrogen-bond donors (Lipinski definition) is 2. The number of anilines is 1. The van der Waals surface area contributed by atoms with E-state index in [1.807, 2.05) is 0 Å². The number of nitrogens with zero attached hydrogens (tertiary/aromatic N) is 2. The summed E-state index contributed by atoms with van der Waals surface area (Å²) in [7, 11) is -3.98. The number of carbonyl (C=O) groups is 2. The molecule has 0 aromatic heterocycles. The van der Waals surface area contributed by atoms with Gasteiger partial charge in [0.1, 0.15) is 10.7 Å². The first-order valence-corrected chi connectivity index (χ1v) is 11.4. The van der Waals surface area contributed by atoms with Crippen molar-refractivity contribution in [1.29, 1.82) is 0 Å². The molecule has 1 aromatic carbocycles. The van der Waals surface area contributed by atoms with E-state index in [0.717, 1.165) is 25.5 Å². The fourth-order valence-electron chi connectivity index (χ4n) is 4.66. The second-order valence-electron chi connectivity index (χ2n) is 7.92. The summed E-state index contributed by atoms with van der Waals surface area (Å²) in [4.78, 5) is 24.9. The van der Waals surface area contributed by atoms with Gasteiger partial charge < -0.3 is 11.1 Å². The van der Waals surface area contributed by atoms with Gasteiger partial charge in [-0.05, 0) is 56.3 Å². The van der Waals surface area contributed by atoms with Gasteiger partial charge in [0.25, 0.3) is 0 Å². The van der Waals surface area contributed by atoms with Crippen molar-refractivity contribution >= 4 is 27.5 Å². The Balaban J connectivity index is 1.50. The quantitative estimate of drug-likeness (QED) is 0.743. The Morgan fingerprint density at radius 1 is 1.14 bits per heavy atom. The minimum Gasteiger partial charge on any atom is -0.368 e. The molecule has 2 fully saturated rings.